The van der Waals surface area contributed by atoms with Crippen LogP contribution >= 0.6 is 23.2 Å². The standard InChI is InChI=1S/C11H10Cl2O2/c12-10(13)7-9-3-1-2-8(6-9)4-5-11(14)15/h1-6,10H,7H2,(H,14,15)/b5-4+. The van der Waals surface area contributed by atoms with Crippen LogP contribution in [0.25, 0.3) is 6.08 Å². The molecule has 0 unspecified atom stereocenters. The summed E-state index contributed by atoms with van der Waals surface area (Å²) in [5, 5.41) is 8.46. The maximum absolute atomic E-state index is 10.3. The van der Waals surface area contributed by atoms with Crippen molar-refractivity contribution in [3.8, 4) is 0 Å². The molecule has 1 N–H and O–H groups in total. The molecule has 0 bridgehead atoms. The normalized spacial score (nSPS) is 11.1. The molecule has 0 atom stereocenters. The number of hydrogen-bond donors (Lipinski definition) is 1. The van der Waals surface area contributed by atoms with Crippen molar-refractivity contribution >= 4 is 35.2 Å². The van der Waals surface area contributed by atoms with Gasteiger partial charge >= 0.3 is 5.97 Å². The van der Waals surface area contributed by atoms with Crippen LogP contribution in [0.5, 0.6) is 0 Å². The summed E-state index contributed by atoms with van der Waals surface area (Å²) in [7, 11) is 0. The van der Waals surface area contributed by atoms with E-state index in [4.69, 9.17) is 28.3 Å². The minimum absolute atomic E-state index is 0.441. The van der Waals surface area contributed by atoms with E-state index in [2.05, 4.69) is 0 Å². The first-order valence-corrected chi connectivity index (χ1v) is 5.23. The third kappa shape index (κ3) is 4.86. The molecule has 0 fully saturated rings. The molecule has 0 amide bonds. The average Bonchev–Trinajstić information content (AvgIpc) is 2.14. The lowest BCUT2D eigenvalue weighted by molar-refractivity contribution is -0.131. The zero-order valence-electron chi connectivity index (χ0n) is 7.86. The first kappa shape index (κ1) is 12.1. The Balaban J connectivity index is 2.78. The number of aliphatic carboxylic acids is 1. The predicted octanol–water partition coefficient (Wildman–Crippen LogP) is 3.13. The van der Waals surface area contributed by atoms with Crippen molar-refractivity contribution in [3.05, 3.63) is 41.5 Å². The number of carbonyl (C=O) groups is 1. The van der Waals surface area contributed by atoms with Gasteiger partial charge in [0.1, 0.15) is 4.84 Å². The molecule has 0 saturated heterocycles. The fraction of sp³-hybridized carbons (Fsp3) is 0.182. The molecule has 15 heavy (non-hydrogen) atoms. The molecule has 0 aliphatic carbocycles. The lowest BCUT2D eigenvalue weighted by Gasteiger charge is -2.02. The minimum Gasteiger partial charge on any atom is -0.478 e. The summed E-state index contributed by atoms with van der Waals surface area (Å²) in [6.07, 6.45) is 3.18. The Morgan fingerprint density at radius 2 is 2.20 bits per heavy atom. The van der Waals surface area contributed by atoms with Crippen LogP contribution < -0.4 is 0 Å². The number of carboxylic acids is 1. The van der Waals surface area contributed by atoms with E-state index in [1.165, 1.54) is 6.08 Å². The second-order valence-corrected chi connectivity index (χ2v) is 4.29. The van der Waals surface area contributed by atoms with E-state index < -0.39 is 10.8 Å². The number of rotatable bonds is 4. The van der Waals surface area contributed by atoms with Gasteiger partial charge in [-0.05, 0) is 17.2 Å². The van der Waals surface area contributed by atoms with Gasteiger partial charge in [-0.2, -0.15) is 0 Å². The average molecular weight is 245 g/mol. The van der Waals surface area contributed by atoms with Crippen molar-refractivity contribution in [1.29, 1.82) is 0 Å². The summed E-state index contributed by atoms with van der Waals surface area (Å²) in [6, 6.07) is 7.42. The van der Waals surface area contributed by atoms with Gasteiger partial charge in [0.15, 0.2) is 0 Å². The topological polar surface area (TPSA) is 37.3 Å². The van der Waals surface area contributed by atoms with E-state index >= 15 is 0 Å². The number of halogens is 2. The summed E-state index contributed by atoms with van der Waals surface area (Å²) >= 11 is 11.3. The molecular formula is C11H10Cl2O2. The van der Waals surface area contributed by atoms with Gasteiger partial charge < -0.3 is 5.11 Å². The monoisotopic (exact) mass is 244 g/mol. The highest BCUT2D eigenvalue weighted by molar-refractivity contribution is 6.44. The summed E-state index contributed by atoms with van der Waals surface area (Å²) in [6.45, 7) is 0. The highest BCUT2D eigenvalue weighted by Gasteiger charge is 2.01. The highest BCUT2D eigenvalue weighted by atomic mass is 35.5. The molecule has 2 nitrogen and oxygen atoms in total. The van der Waals surface area contributed by atoms with Crippen LogP contribution in [0, 0.1) is 0 Å². The van der Waals surface area contributed by atoms with E-state index in [9.17, 15) is 4.79 Å². The largest absolute Gasteiger partial charge is 0.478 e. The van der Waals surface area contributed by atoms with Crippen LogP contribution in [0.15, 0.2) is 30.3 Å². The Kier molecular flexibility index (Phi) is 4.66. The predicted molar refractivity (Wildman–Crippen MR) is 62.3 cm³/mol. The summed E-state index contributed by atoms with van der Waals surface area (Å²) in [5.41, 5.74) is 1.81. The van der Waals surface area contributed by atoms with Gasteiger partial charge in [-0.1, -0.05) is 24.3 Å². The van der Waals surface area contributed by atoms with Gasteiger partial charge in [0.05, 0.1) is 0 Å². The lowest BCUT2D eigenvalue weighted by atomic mass is 10.1. The van der Waals surface area contributed by atoms with Crippen molar-refractivity contribution in [1.82, 2.24) is 0 Å². The highest BCUT2D eigenvalue weighted by Crippen LogP contribution is 2.13. The van der Waals surface area contributed by atoms with Crippen molar-refractivity contribution in [2.75, 3.05) is 0 Å². The van der Waals surface area contributed by atoms with Crippen LogP contribution in [-0.4, -0.2) is 15.9 Å². The van der Waals surface area contributed by atoms with Crippen LogP contribution in [-0.2, 0) is 11.2 Å². The molecule has 0 heterocycles. The van der Waals surface area contributed by atoms with E-state index in [0.29, 0.717) is 6.42 Å². The zero-order chi connectivity index (χ0) is 11.3. The summed E-state index contributed by atoms with van der Waals surface area (Å²) in [5.74, 6) is -0.965. The van der Waals surface area contributed by atoms with Gasteiger partial charge in [0.2, 0.25) is 0 Å². The van der Waals surface area contributed by atoms with E-state index in [0.717, 1.165) is 17.2 Å². The van der Waals surface area contributed by atoms with Gasteiger partial charge in [-0.15, -0.1) is 23.2 Å². The fourth-order valence-electron chi connectivity index (χ4n) is 1.17. The molecular weight excluding hydrogens is 235 g/mol. The maximum atomic E-state index is 10.3. The third-order valence-electron chi connectivity index (χ3n) is 1.76. The fourth-order valence-corrected chi connectivity index (χ4v) is 1.53. The first-order valence-electron chi connectivity index (χ1n) is 4.36. The molecule has 0 aromatic heterocycles. The third-order valence-corrected chi connectivity index (χ3v) is 2.07. The van der Waals surface area contributed by atoms with Crippen LogP contribution in [0.3, 0.4) is 0 Å². The van der Waals surface area contributed by atoms with Gasteiger partial charge in [0, 0.05) is 12.5 Å². The molecule has 0 aliphatic heterocycles. The van der Waals surface area contributed by atoms with Gasteiger partial charge in [-0.3, -0.25) is 0 Å². The molecule has 0 saturated carbocycles. The van der Waals surface area contributed by atoms with Crippen molar-refractivity contribution in [2.24, 2.45) is 0 Å². The van der Waals surface area contributed by atoms with Crippen LogP contribution in [0.2, 0.25) is 0 Å². The Bertz CT molecular complexity index is 373. The lowest BCUT2D eigenvalue weighted by Crippen LogP contribution is -1.94. The van der Waals surface area contributed by atoms with Crippen molar-refractivity contribution in [2.45, 2.75) is 11.3 Å². The van der Waals surface area contributed by atoms with E-state index in [1.54, 1.807) is 0 Å². The van der Waals surface area contributed by atoms with Crippen LogP contribution in [0.4, 0.5) is 0 Å². The number of benzene rings is 1. The number of alkyl halides is 2. The Labute approximate surface area is 98.1 Å². The Morgan fingerprint density at radius 3 is 2.80 bits per heavy atom. The van der Waals surface area contributed by atoms with E-state index in [-0.39, 0.29) is 0 Å². The molecule has 0 spiro atoms. The summed E-state index contributed by atoms with van der Waals surface area (Å²) in [4.78, 5) is 9.87. The molecule has 0 radical (unpaired) electrons. The SMILES string of the molecule is O=C(O)/C=C/c1cccc(CC(Cl)Cl)c1. The van der Waals surface area contributed by atoms with Crippen molar-refractivity contribution < 1.29 is 9.90 Å². The maximum Gasteiger partial charge on any atom is 0.328 e. The Hall–Kier alpha value is -0.990. The smallest absolute Gasteiger partial charge is 0.328 e. The van der Waals surface area contributed by atoms with Gasteiger partial charge in [0.25, 0.3) is 0 Å². The Morgan fingerprint density at radius 1 is 1.47 bits per heavy atom. The summed E-state index contributed by atoms with van der Waals surface area (Å²) < 4.78 is 0. The first-order chi connectivity index (χ1) is 7.08. The molecule has 0 aliphatic rings. The molecule has 4 heteroatoms. The second-order valence-electron chi connectivity index (χ2n) is 3.01. The number of carboxylic acid groups (broad SMARTS) is 1. The second kappa shape index (κ2) is 5.79. The molecule has 1 rings (SSSR count). The van der Waals surface area contributed by atoms with Crippen LogP contribution in [0.1, 0.15) is 11.1 Å². The zero-order valence-corrected chi connectivity index (χ0v) is 9.37. The van der Waals surface area contributed by atoms with Crippen molar-refractivity contribution in [3.63, 3.8) is 0 Å². The van der Waals surface area contributed by atoms with Gasteiger partial charge in [-0.25, -0.2) is 4.79 Å². The molecule has 80 valence electrons. The van der Waals surface area contributed by atoms with E-state index in [1.807, 2.05) is 24.3 Å². The quantitative estimate of drug-likeness (QED) is 0.653. The minimum atomic E-state index is -0.965. The molecule has 1 aromatic rings. The molecule has 1 aromatic carbocycles. The number of hydrogen-bond acceptors (Lipinski definition) is 1.